The fraction of sp³-hybridized carbons (Fsp3) is 0.619. The molecule has 1 unspecified atom stereocenters. The number of rotatable bonds is 5. The maximum atomic E-state index is 13.1. The highest BCUT2D eigenvalue weighted by Gasteiger charge is 2.31. The summed E-state index contributed by atoms with van der Waals surface area (Å²) in [6.45, 7) is 11.4. The van der Waals surface area contributed by atoms with Crippen LogP contribution in [0.15, 0.2) is 23.0 Å². The zero-order valence-electron chi connectivity index (χ0n) is 16.4. The van der Waals surface area contributed by atoms with Crippen LogP contribution in [0.3, 0.4) is 0 Å². The van der Waals surface area contributed by atoms with E-state index in [4.69, 9.17) is 4.98 Å². The molecular formula is C21H31N3O2. The Bertz CT molecular complexity index is 820. The van der Waals surface area contributed by atoms with Crippen molar-refractivity contribution >= 4 is 10.9 Å². The minimum atomic E-state index is -0.134. The SMILES string of the molecule is CCCC(c1nc2cccc(O)c2c(=O)n1CC)N1C[C@H](C)C[C@H](C)C1. The second kappa shape index (κ2) is 7.78. The van der Waals surface area contributed by atoms with Crippen LogP contribution in [-0.2, 0) is 6.54 Å². The van der Waals surface area contributed by atoms with Crippen molar-refractivity contribution in [2.24, 2.45) is 11.8 Å². The number of aromatic nitrogens is 2. The van der Waals surface area contributed by atoms with Gasteiger partial charge in [0.25, 0.3) is 5.56 Å². The third-order valence-corrected chi connectivity index (χ3v) is 5.51. The molecule has 0 radical (unpaired) electrons. The van der Waals surface area contributed by atoms with Crippen molar-refractivity contribution in [1.82, 2.24) is 14.5 Å². The number of benzene rings is 1. The molecule has 5 heteroatoms. The standard InChI is InChI=1S/C21H31N3O2/c1-5-8-17(23-12-14(3)11-15(4)13-23)20-22-16-9-7-10-18(25)19(16)21(26)24(20)6-2/h7,9-10,14-15,17,25H,5-6,8,11-13H2,1-4H3/t14-,15+,17?. The first-order chi connectivity index (χ1) is 12.5. The number of fused-ring (bicyclic) bond motifs is 1. The number of hydrogen-bond donors (Lipinski definition) is 1. The normalized spacial score (nSPS) is 22.6. The highest BCUT2D eigenvalue weighted by atomic mass is 16.3. The average molecular weight is 357 g/mol. The predicted molar refractivity (Wildman–Crippen MR) is 106 cm³/mol. The van der Waals surface area contributed by atoms with Crippen LogP contribution in [0.1, 0.15) is 58.8 Å². The van der Waals surface area contributed by atoms with Crippen molar-refractivity contribution in [2.45, 2.75) is 59.5 Å². The fourth-order valence-corrected chi connectivity index (χ4v) is 4.54. The van der Waals surface area contributed by atoms with E-state index in [0.29, 0.717) is 29.3 Å². The van der Waals surface area contributed by atoms with E-state index in [0.717, 1.165) is 31.8 Å². The van der Waals surface area contributed by atoms with Gasteiger partial charge in [-0.25, -0.2) is 4.98 Å². The van der Waals surface area contributed by atoms with Gasteiger partial charge in [-0.05, 0) is 43.7 Å². The summed E-state index contributed by atoms with van der Waals surface area (Å²) in [4.78, 5) is 20.5. The van der Waals surface area contributed by atoms with Crippen LogP contribution >= 0.6 is 0 Å². The Morgan fingerprint density at radius 2 is 1.92 bits per heavy atom. The molecule has 1 fully saturated rings. The molecule has 3 atom stereocenters. The number of aromatic hydroxyl groups is 1. The van der Waals surface area contributed by atoms with E-state index in [1.54, 1.807) is 16.7 Å². The van der Waals surface area contributed by atoms with Gasteiger partial charge in [-0.15, -0.1) is 0 Å². The summed E-state index contributed by atoms with van der Waals surface area (Å²) in [5.41, 5.74) is 0.457. The lowest BCUT2D eigenvalue weighted by Gasteiger charge is -2.40. The largest absolute Gasteiger partial charge is 0.507 e. The van der Waals surface area contributed by atoms with Crippen LogP contribution in [0.4, 0.5) is 0 Å². The highest BCUT2D eigenvalue weighted by Crippen LogP contribution is 2.32. The van der Waals surface area contributed by atoms with Crippen molar-refractivity contribution in [1.29, 1.82) is 0 Å². The van der Waals surface area contributed by atoms with Crippen LogP contribution in [0.5, 0.6) is 5.75 Å². The molecule has 1 N–H and O–H groups in total. The molecule has 2 heterocycles. The number of likely N-dealkylation sites (tertiary alicyclic amines) is 1. The number of phenols is 1. The summed E-state index contributed by atoms with van der Waals surface area (Å²) >= 11 is 0. The van der Waals surface area contributed by atoms with Crippen LogP contribution in [0.2, 0.25) is 0 Å². The molecule has 2 aromatic rings. The molecular weight excluding hydrogens is 326 g/mol. The van der Waals surface area contributed by atoms with Gasteiger partial charge in [-0.3, -0.25) is 14.3 Å². The topological polar surface area (TPSA) is 58.4 Å². The van der Waals surface area contributed by atoms with E-state index in [-0.39, 0.29) is 17.4 Å². The third-order valence-electron chi connectivity index (χ3n) is 5.51. The van der Waals surface area contributed by atoms with Gasteiger partial charge >= 0.3 is 0 Å². The van der Waals surface area contributed by atoms with Crippen LogP contribution in [-0.4, -0.2) is 32.6 Å². The maximum Gasteiger partial charge on any atom is 0.265 e. The Morgan fingerprint density at radius 3 is 2.54 bits per heavy atom. The van der Waals surface area contributed by atoms with Gasteiger partial charge in [0.05, 0.1) is 11.6 Å². The molecule has 0 aliphatic carbocycles. The Hall–Kier alpha value is -1.88. The summed E-state index contributed by atoms with van der Waals surface area (Å²) in [7, 11) is 0. The molecule has 1 saturated heterocycles. The van der Waals surface area contributed by atoms with E-state index < -0.39 is 0 Å². The van der Waals surface area contributed by atoms with Gasteiger partial charge in [0, 0.05) is 19.6 Å². The van der Waals surface area contributed by atoms with Gasteiger partial charge < -0.3 is 5.11 Å². The van der Waals surface area contributed by atoms with Crippen LogP contribution < -0.4 is 5.56 Å². The van der Waals surface area contributed by atoms with Gasteiger partial charge in [-0.2, -0.15) is 0 Å². The number of piperidine rings is 1. The van der Waals surface area contributed by atoms with Crippen molar-refractivity contribution in [2.75, 3.05) is 13.1 Å². The summed E-state index contributed by atoms with van der Waals surface area (Å²) in [6, 6.07) is 5.28. The molecule has 0 spiro atoms. The zero-order valence-corrected chi connectivity index (χ0v) is 16.4. The summed E-state index contributed by atoms with van der Waals surface area (Å²) in [5, 5.41) is 10.5. The highest BCUT2D eigenvalue weighted by molar-refractivity contribution is 5.83. The fourth-order valence-electron chi connectivity index (χ4n) is 4.54. The lowest BCUT2D eigenvalue weighted by Crippen LogP contribution is -2.43. The molecule has 1 aliphatic heterocycles. The van der Waals surface area contributed by atoms with Gasteiger partial charge in [0.15, 0.2) is 0 Å². The van der Waals surface area contributed by atoms with Crippen molar-refractivity contribution in [3.8, 4) is 5.75 Å². The summed E-state index contributed by atoms with van der Waals surface area (Å²) in [5.74, 6) is 2.17. The molecule has 0 bridgehead atoms. The quantitative estimate of drug-likeness (QED) is 0.880. The minimum absolute atomic E-state index is 0.0148. The first kappa shape index (κ1) is 18.9. The Labute approximate surface area is 155 Å². The molecule has 3 rings (SSSR count). The van der Waals surface area contributed by atoms with E-state index >= 15 is 0 Å². The number of phenolic OH excluding ortho intramolecular Hbond substituents is 1. The van der Waals surface area contributed by atoms with Gasteiger partial charge in [0.2, 0.25) is 0 Å². The molecule has 1 aliphatic rings. The first-order valence-corrected chi connectivity index (χ1v) is 9.92. The first-order valence-electron chi connectivity index (χ1n) is 9.92. The zero-order chi connectivity index (χ0) is 18.8. The van der Waals surface area contributed by atoms with Gasteiger partial charge in [-0.1, -0.05) is 33.3 Å². The minimum Gasteiger partial charge on any atom is -0.507 e. The van der Waals surface area contributed by atoms with Crippen molar-refractivity contribution in [3.63, 3.8) is 0 Å². The molecule has 142 valence electrons. The van der Waals surface area contributed by atoms with Crippen LogP contribution in [0.25, 0.3) is 10.9 Å². The molecule has 1 aromatic carbocycles. The molecule has 26 heavy (non-hydrogen) atoms. The average Bonchev–Trinajstić information content (AvgIpc) is 2.58. The number of hydrogen-bond acceptors (Lipinski definition) is 4. The Morgan fingerprint density at radius 1 is 1.23 bits per heavy atom. The molecule has 0 amide bonds. The second-order valence-corrected chi connectivity index (χ2v) is 7.90. The van der Waals surface area contributed by atoms with Crippen LogP contribution in [0, 0.1) is 11.8 Å². The maximum absolute atomic E-state index is 13.1. The van der Waals surface area contributed by atoms with E-state index in [2.05, 4.69) is 25.7 Å². The van der Waals surface area contributed by atoms with E-state index in [1.807, 2.05) is 13.0 Å². The lowest BCUT2D eigenvalue weighted by molar-refractivity contribution is 0.0836. The van der Waals surface area contributed by atoms with Crippen molar-refractivity contribution < 1.29 is 5.11 Å². The molecule has 5 nitrogen and oxygen atoms in total. The molecule has 1 aromatic heterocycles. The predicted octanol–water partition coefficient (Wildman–Crippen LogP) is 3.94. The summed E-state index contributed by atoms with van der Waals surface area (Å²) < 4.78 is 1.76. The van der Waals surface area contributed by atoms with E-state index in [1.165, 1.54) is 6.42 Å². The smallest absolute Gasteiger partial charge is 0.265 e. The summed E-state index contributed by atoms with van der Waals surface area (Å²) in [6.07, 6.45) is 3.28. The van der Waals surface area contributed by atoms with E-state index in [9.17, 15) is 9.90 Å². The Balaban J connectivity index is 2.15. The second-order valence-electron chi connectivity index (χ2n) is 7.90. The lowest BCUT2D eigenvalue weighted by atomic mass is 9.90. The molecule has 0 saturated carbocycles. The number of nitrogens with zero attached hydrogens (tertiary/aromatic N) is 3. The Kier molecular flexibility index (Phi) is 5.66. The monoisotopic (exact) mass is 357 g/mol. The third kappa shape index (κ3) is 3.50. The van der Waals surface area contributed by atoms with Gasteiger partial charge in [0.1, 0.15) is 17.0 Å². The van der Waals surface area contributed by atoms with Crippen molar-refractivity contribution in [3.05, 3.63) is 34.4 Å².